The number of hydrogen-bond acceptors (Lipinski definition) is 4. The summed E-state index contributed by atoms with van der Waals surface area (Å²) < 4.78 is 40.5. The molecule has 2 aromatic heterocycles. The number of carbonyl (C=O) groups excluding carboxylic acids is 2. The van der Waals surface area contributed by atoms with Gasteiger partial charge >= 0.3 is 6.18 Å². The van der Waals surface area contributed by atoms with Crippen LogP contribution >= 0.6 is 25.1 Å². The summed E-state index contributed by atoms with van der Waals surface area (Å²) in [5.41, 5.74) is -0.271. The summed E-state index contributed by atoms with van der Waals surface area (Å²) in [7, 11) is 0. The van der Waals surface area contributed by atoms with Gasteiger partial charge in [-0.1, -0.05) is 19.0 Å². The van der Waals surface area contributed by atoms with Crippen molar-refractivity contribution in [3.8, 4) is 0 Å². The summed E-state index contributed by atoms with van der Waals surface area (Å²) in [5, 5.41) is 6.29. The Hall–Kier alpha value is -3.05. The Bertz CT molecular complexity index is 1170. The summed E-state index contributed by atoms with van der Waals surface area (Å²) in [4.78, 5) is 31.1. The summed E-state index contributed by atoms with van der Waals surface area (Å²) in [6.45, 7) is 1.93. The van der Waals surface area contributed by atoms with E-state index in [1.54, 1.807) is 25.3 Å². The van der Waals surface area contributed by atoms with Crippen LogP contribution in [0, 0.1) is 0 Å². The van der Waals surface area contributed by atoms with Gasteiger partial charge in [-0.15, -0.1) is 0 Å². The van der Waals surface area contributed by atoms with Gasteiger partial charge in [0.2, 0.25) is 0 Å². The van der Waals surface area contributed by atoms with Gasteiger partial charge in [-0.05, 0) is 37.3 Å². The number of carbonyl (C=O) groups is 2. The van der Waals surface area contributed by atoms with Crippen LogP contribution in [0.2, 0.25) is 5.02 Å². The maximum atomic E-state index is 13.2. The van der Waals surface area contributed by atoms with Crippen LogP contribution in [0.25, 0.3) is 0 Å². The van der Waals surface area contributed by atoms with Crippen molar-refractivity contribution in [1.29, 1.82) is 0 Å². The first-order valence-corrected chi connectivity index (χ1v) is 9.52. The first-order chi connectivity index (χ1) is 14.7. The van der Waals surface area contributed by atoms with Crippen molar-refractivity contribution < 1.29 is 22.8 Å². The Morgan fingerprint density at radius 2 is 1.97 bits per heavy atom. The number of alkyl halides is 3. The van der Waals surface area contributed by atoms with Crippen LogP contribution in [0.1, 0.15) is 46.8 Å². The first-order valence-electron chi connectivity index (χ1n) is 9.14. The van der Waals surface area contributed by atoms with Crippen LogP contribution in [-0.2, 0) is 6.18 Å². The highest BCUT2D eigenvalue weighted by atomic mass is 35.5. The smallest absolute Gasteiger partial charge is 0.320 e. The molecule has 0 aliphatic carbocycles. The van der Waals surface area contributed by atoms with Crippen molar-refractivity contribution in [3.63, 3.8) is 0 Å². The molecule has 1 aliphatic heterocycles. The Kier molecular flexibility index (Phi) is 7.81. The van der Waals surface area contributed by atoms with E-state index in [9.17, 15) is 22.8 Å². The molecule has 0 spiro atoms. The Morgan fingerprint density at radius 1 is 1.24 bits per heavy atom. The second-order valence-electron chi connectivity index (χ2n) is 6.97. The van der Waals surface area contributed by atoms with Crippen LogP contribution in [0.5, 0.6) is 0 Å². The zero-order chi connectivity index (χ0) is 22.3. The molecule has 4 rings (SSSR count). The molecule has 176 valence electrons. The maximum absolute atomic E-state index is 13.2. The fourth-order valence-corrected chi connectivity index (χ4v) is 3.67. The predicted molar refractivity (Wildman–Crippen MR) is 124 cm³/mol. The summed E-state index contributed by atoms with van der Waals surface area (Å²) in [6.07, 6.45) is -0.311. The number of pyridine rings is 1. The average molecular weight is 500 g/mol. The third-order valence-electron chi connectivity index (χ3n) is 4.84. The van der Waals surface area contributed by atoms with E-state index < -0.39 is 28.6 Å². The second-order valence-corrected chi connectivity index (χ2v) is 7.38. The summed E-state index contributed by atoms with van der Waals surface area (Å²) in [6, 6.07) is 6.07. The third kappa shape index (κ3) is 4.98. The van der Waals surface area contributed by atoms with Crippen LogP contribution in [0.15, 0.2) is 48.9 Å². The van der Waals surface area contributed by atoms with Crippen molar-refractivity contribution in [1.82, 2.24) is 14.8 Å². The highest BCUT2D eigenvalue weighted by Gasteiger charge is 2.37. The van der Waals surface area contributed by atoms with Gasteiger partial charge < -0.3 is 10.2 Å². The molecule has 33 heavy (non-hydrogen) atoms. The maximum Gasteiger partial charge on any atom is 0.417 e. The Labute approximate surface area is 200 Å². The van der Waals surface area contributed by atoms with Crippen LogP contribution < -0.4 is 10.2 Å². The third-order valence-corrected chi connectivity index (χ3v) is 5.15. The van der Waals surface area contributed by atoms with Crippen LogP contribution in [0.3, 0.4) is 0 Å². The highest BCUT2D eigenvalue weighted by Crippen LogP contribution is 2.37. The van der Waals surface area contributed by atoms with Gasteiger partial charge in [0.05, 0.1) is 40.3 Å². The summed E-state index contributed by atoms with van der Waals surface area (Å²) in [5.74, 6) is -1.12. The Balaban J connectivity index is 0.00000193. The van der Waals surface area contributed by atoms with E-state index in [0.29, 0.717) is 5.69 Å². The predicted octanol–water partition coefficient (Wildman–Crippen LogP) is 5.17. The fraction of sp³-hybridized carbons (Fsp3) is 0.238. The minimum Gasteiger partial charge on any atom is -0.320 e. The molecule has 3 aromatic rings. The molecule has 0 radical (unpaired) electrons. The average Bonchev–Trinajstić information content (AvgIpc) is 3.17. The van der Waals surface area contributed by atoms with Crippen molar-refractivity contribution in [2.45, 2.75) is 26.6 Å². The van der Waals surface area contributed by atoms with E-state index in [2.05, 4.69) is 15.4 Å². The number of rotatable bonds is 3. The van der Waals surface area contributed by atoms with E-state index in [1.165, 1.54) is 28.0 Å². The van der Waals surface area contributed by atoms with Crippen LogP contribution in [-0.4, -0.2) is 33.1 Å². The van der Waals surface area contributed by atoms with Crippen molar-refractivity contribution in [3.05, 3.63) is 70.8 Å². The van der Waals surface area contributed by atoms with Gasteiger partial charge in [0.15, 0.2) is 0 Å². The molecule has 0 saturated heterocycles. The molecule has 7 nitrogen and oxygen atoms in total. The molecule has 0 saturated carbocycles. The van der Waals surface area contributed by atoms with Crippen molar-refractivity contribution >= 4 is 48.3 Å². The lowest BCUT2D eigenvalue weighted by atomic mass is 10.1. The number of hydrogen-bond donors (Lipinski definition) is 1. The van der Waals surface area contributed by atoms with Crippen molar-refractivity contribution in [2.24, 2.45) is 0 Å². The van der Waals surface area contributed by atoms with Crippen LogP contribution in [0.4, 0.5) is 24.5 Å². The number of benzene rings is 1. The minimum absolute atomic E-state index is 0. The molecular weight excluding hydrogens is 479 g/mol. The topological polar surface area (TPSA) is 80.1 Å². The Morgan fingerprint density at radius 3 is 2.58 bits per heavy atom. The molecule has 3 heterocycles. The minimum atomic E-state index is -4.61. The van der Waals surface area contributed by atoms with Gasteiger partial charge in [0, 0.05) is 18.4 Å². The number of aromatic nitrogens is 3. The lowest BCUT2D eigenvalue weighted by molar-refractivity contribution is -0.137. The molecule has 0 unspecified atom stereocenters. The van der Waals surface area contributed by atoms with Crippen molar-refractivity contribution in [2.75, 3.05) is 16.8 Å². The molecular formula is C21H21ClF3N5O2S. The molecule has 2 amide bonds. The van der Waals surface area contributed by atoms with Gasteiger partial charge in [0.1, 0.15) is 5.69 Å². The number of anilines is 2. The normalized spacial score (nSPS) is 15.2. The molecule has 1 aliphatic rings. The molecule has 0 fully saturated rings. The second kappa shape index (κ2) is 9.84. The molecule has 1 N–H and O–H groups in total. The molecule has 12 heteroatoms. The standard InChI is InChI=1S/C20H15ClF3N5O2.CH4.H2S/c1-11-10-28(13-4-5-15(16(21)7-13)20(22,23)24)19(31)17-14(9-26-29(11)17)18(30)27-12-3-2-6-25-8-12;;/h2-9,11H,10H2,1H3,(H,27,30);1H4;1H2/t11-;;/m0../s1. The van der Waals surface area contributed by atoms with Gasteiger partial charge in [0.25, 0.3) is 11.8 Å². The van der Waals surface area contributed by atoms with Gasteiger partial charge in [-0.3, -0.25) is 19.3 Å². The largest absolute Gasteiger partial charge is 0.417 e. The van der Waals surface area contributed by atoms with Gasteiger partial charge in [-0.2, -0.15) is 31.8 Å². The lowest BCUT2D eigenvalue weighted by Crippen LogP contribution is -2.43. The van der Waals surface area contributed by atoms with Gasteiger partial charge in [-0.25, -0.2) is 0 Å². The lowest BCUT2D eigenvalue weighted by Gasteiger charge is -2.32. The number of fused-ring (bicyclic) bond motifs is 1. The van der Waals surface area contributed by atoms with E-state index in [1.807, 2.05) is 0 Å². The SMILES string of the molecule is C.C[C@H]1CN(c2ccc(C(F)(F)F)c(Cl)c2)C(=O)c2c(C(=O)Nc3cccnc3)cnn21.S. The molecule has 1 aromatic carbocycles. The van der Waals surface area contributed by atoms with E-state index >= 15 is 0 Å². The van der Waals surface area contributed by atoms with E-state index in [-0.39, 0.29) is 50.5 Å². The number of nitrogens with one attached hydrogen (secondary N) is 1. The number of nitrogens with zero attached hydrogens (tertiary/aromatic N) is 4. The quantitative estimate of drug-likeness (QED) is 0.539. The van der Waals surface area contributed by atoms with E-state index in [4.69, 9.17) is 11.6 Å². The number of halogens is 4. The fourth-order valence-electron chi connectivity index (χ4n) is 3.39. The monoisotopic (exact) mass is 499 g/mol. The highest BCUT2D eigenvalue weighted by molar-refractivity contribution is 7.59. The molecule has 1 atom stereocenters. The first kappa shape index (κ1) is 26.2. The van der Waals surface area contributed by atoms with E-state index in [0.717, 1.165) is 12.1 Å². The zero-order valence-electron chi connectivity index (χ0n) is 16.5. The number of amides is 2. The zero-order valence-corrected chi connectivity index (χ0v) is 18.3. The molecule has 0 bridgehead atoms. The summed E-state index contributed by atoms with van der Waals surface area (Å²) >= 11 is 5.82.